The van der Waals surface area contributed by atoms with Crippen molar-refractivity contribution in [2.75, 3.05) is 39.9 Å². The van der Waals surface area contributed by atoms with Crippen LogP contribution in [0.3, 0.4) is 0 Å². The number of pyridine rings is 1. The number of hydrogen-bond acceptors (Lipinski definition) is 9. The molecule has 40 heavy (non-hydrogen) atoms. The lowest BCUT2D eigenvalue weighted by molar-refractivity contribution is -0.0312. The van der Waals surface area contributed by atoms with Gasteiger partial charge >= 0.3 is 0 Å². The van der Waals surface area contributed by atoms with E-state index in [0.29, 0.717) is 38.3 Å². The largest absolute Gasteiger partial charge is 0.491 e. The fraction of sp³-hybridized carbons (Fsp3) is 0.500. The highest BCUT2D eigenvalue weighted by atomic mass is 32.2. The second-order valence-corrected chi connectivity index (χ2v) is 14.2. The molecule has 2 saturated heterocycles. The van der Waals surface area contributed by atoms with Crippen LogP contribution in [0.25, 0.3) is 11.0 Å². The van der Waals surface area contributed by atoms with Crippen molar-refractivity contribution in [2.45, 2.75) is 46.8 Å². The zero-order valence-corrected chi connectivity index (χ0v) is 24.1. The van der Waals surface area contributed by atoms with Gasteiger partial charge < -0.3 is 24.5 Å². The number of ether oxygens (including phenoxy) is 2. The molecular formula is C26H35N5O7S2. The number of nitrogens with zero attached hydrogens (tertiary/aromatic N) is 3. The number of piperidine rings is 1. The number of aromatic nitrogens is 2. The number of nitrogens with one attached hydrogen (secondary N) is 2. The van der Waals surface area contributed by atoms with Gasteiger partial charge in [0.1, 0.15) is 23.4 Å². The monoisotopic (exact) mass is 593 g/mol. The van der Waals surface area contributed by atoms with E-state index in [9.17, 15) is 21.9 Å². The fourth-order valence-corrected chi connectivity index (χ4v) is 7.44. The van der Waals surface area contributed by atoms with Gasteiger partial charge in [0, 0.05) is 51.2 Å². The van der Waals surface area contributed by atoms with Gasteiger partial charge in [-0.05, 0) is 50.6 Å². The molecule has 3 N–H and O–H groups in total. The molecule has 2 aromatic heterocycles. The van der Waals surface area contributed by atoms with Gasteiger partial charge in [0.05, 0.1) is 28.1 Å². The summed E-state index contributed by atoms with van der Waals surface area (Å²) in [6.07, 6.45) is 4.34. The molecule has 1 spiro atoms. The van der Waals surface area contributed by atoms with E-state index in [2.05, 4.69) is 15.0 Å². The fourth-order valence-electron chi connectivity index (χ4n) is 5.27. The first-order valence-corrected chi connectivity index (χ1v) is 16.1. The molecule has 2 atom stereocenters. The van der Waals surface area contributed by atoms with E-state index in [4.69, 9.17) is 9.47 Å². The summed E-state index contributed by atoms with van der Waals surface area (Å²) in [7, 11) is -4.06. The Morgan fingerprint density at radius 2 is 1.95 bits per heavy atom. The first-order chi connectivity index (χ1) is 19.0. The van der Waals surface area contributed by atoms with Gasteiger partial charge in [-0.1, -0.05) is 6.07 Å². The number of sulfonamides is 2. The highest BCUT2D eigenvalue weighted by Crippen LogP contribution is 2.37. The van der Waals surface area contributed by atoms with Crippen molar-refractivity contribution in [1.82, 2.24) is 23.9 Å². The van der Waals surface area contributed by atoms with Crippen LogP contribution in [0.1, 0.15) is 19.3 Å². The van der Waals surface area contributed by atoms with Crippen LogP contribution in [0, 0.1) is 0 Å². The van der Waals surface area contributed by atoms with Crippen molar-refractivity contribution in [3.8, 4) is 5.75 Å². The quantitative estimate of drug-likeness (QED) is 0.310. The Balaban J connectivity index is 1.09. The van der Waals surface area contributed by atoms with Gasteiger partial charge in [-0.15, -0.1) is 0 Å². The maximum atomic E-state index is 13.3. The first kappa shape index (κ1) is 28.9. The Hall–Kier alpha value is -2.59. The molecule has 14 heteroatoms. The summed E-state index contributed by atoms with van der Waals surface area (Å²) < 4.78 is 67.9. The number of benzene rings is 1. The highest BCUT2D eigenvalue weighted by Gasteiger charge is 2.44. The summed E-state index contributed by atoms with van der Waals surface area (Å²) in [5.74, 6) is 0.347. The Kier molecular flexibility index (Phi) is 8.21. The molecule has 0 bridgehead atoms. The lowest BCUT2D eigenvalue weighted by atomic mass is 9.88. The van der Waals surface area contributed by atoms with E-state index in [1.54, 1.807) is 18.2 Å². The predicted octanol–water partition coefficient (Wildman–Crippen LogP) is 0.823. The van der Waals surface area contributed by atoms with Crippen molar-refractivity contribution in [3.63, 3.8) is 0 Å². The van der Waals surface area contributed by atoms with Crippen LogP contribution in [-0.2, 0) is 31.8 Å². The van der Waals surface area contributed by atoms with Crippen LogP contribution in [0.15, 0.2) is 58.6 Å². The van der Waals surface area contributed by atoms with E-state index < -0.39 is 31.8 Å². The van der Waals surface area contributed by atoms with Gasteiger partial charge in [-0.2, -0.15) is 4.31 Å². The molecule has 2 fully saturated rings. The number of fused-ring (bicyclic) bond motifs is 1. The zero-order chi connectivity index (χ0) is 28.5. The molecule has 0 radical (unpaired) electrons. The maximum Gasteiger partial charge on any atom is 0.244 e. The smallest absolute Gasteiger partial charge is 0.244 e. The third kappa shape index (κ3) is 6.03. The number of aliphatic hydroxyl groups is 1. The van der Waals surface area contributed by atoms with Gasteiger partial charge in [0.15, 0.2) is 0 Å². The number of aliphatic hydroxyl groups excluding tert-OH is 1. The Morgan fingerprint density at radius 3 is 2.70 bits per heavy atom. The van der Waals surface area contributed by atoms with E-state index in [0.717, 1.165) is 17.5 Å². The minimum Gasteiger partial charge on any atom is -0.491 e. The molecule has 1 aromatic carbocycles. The summed E-state index contributed by atoms with van der Waals surface area (Å²) in [6.45, 7) is 1.45. The zero-order valence-electron chi connectivity index (χ0n) is 22.5. The summed E-state index contributed by atoms with van der Waals surface area (Å²) in [5, 5.41) is 13.7. The van der Waals surface area contributed by atoms with Gasteiger partial charge in [0.25, 0.3) is 0 Å². The van der Waals surface area contributed by atoms with Crippen molar-refractivity contribution in [1.29, 1.82) is 0 Å². The number of rotatable bonds is 10. The molecule has 2 aliphatic heterocycles. The summed E-state index contributed by atoms with van der Waals surface area (Å²) in [6, 6.07) is 9.62. The van der Waals surface area contributed by atoms with E-state index in [-0.39, 0.29) is 29.0 Å². The van der Waals surface area contributed by atoms with Crippen LogP contribution in [-0.4, -0.2) is 93.4 Å². The summed E-state index contributed by atoms with van der Waals surface area (Å²) in [5.41, 5.74) is 1.12. The van der Waals surface area contributed by atoms with E-state index in [1.807, 2.05) is 23.9 Å². The summed E-state index contributed by atoms with van der Waals surface area (Å²) in [4.78, 5) is 4.59. The van der Waals surface area contributed by atoms with E-state index in [1.165, 1.54) is 29.7 Å². The molecule has 0 unspecified atom stereocenters. The third-order valence-electron chi connectivity index (χ3n) is 7.66. The number of aryl methyl sites for hydroxylation is 1. The average molecular weight is 594 g/mol. The van der Waals surface area contributed by atoms with Crippen LogP contribution >= 0.6 is 0 Å². The lowest BCUT2D eigenvalue weighted by Crippen LogP contribution is -2.47. The van der Waals surface area contributed by atoms with Crippen molar-refractivity contribution in [2.24, 2.45) is 7.05 Å². The van der Waals surface area contributed by atoms with Crippen LogP contribution in [0.5, 0.6) is 5.75 Å². The second kappa shape index (κ2) is 11.4. The minimum atomic E-state index is -3.67. The Bertz CT molecular complexity index is 1570. The average Bonchev–Trinajstić information content (AvgIpc) is 3.53. The molecule has 5 rings (SSSR count). The van der Waals surface area contributed by atoms with Gasteiger partial charge in [-0.25, -0.2) is 21.6 Å². The molecule has 2 aliphatic rings. The van der Waals surface area contributed by atoms with Crippen LogP contribution < -0.4 is 14.8 Å². The molecule has 12 nitrogen and oxygen atoms in total. The van der Waals surface area contributed by atoms with Crippen LogP contribution in [0.2, 0.25) is 0 Å². The van der Waals surface area contributed by atoms with Crippen molar-refractivity contribution >= 4 is 31.1 Å². The van der Waals surface area contributed by atoms with E-state index >= 15 is 0 Å². The molecule has 3 aromatic rings. The molecule has 0 aliphatic carbocycles. The SMILES string of the molecule is CNS(=O)(=O)c1cccc(OC[C@@H](O)CN[C@H]2COC3(CCN(S(=O)(=O)c4cnc5ccn(C)c5c4)CC3)C2)c1. The normalized spacial score (nSPS) is 20.7. The van der Waals surface area contributed by atoms with Crippen molar-refractivity contribution < 1.29 is 31.4 Å². The highest BCUT2D eigenvalue weighted by molar-refractivity contribution is 7.89. The molecule has 0 amide bonds. The molecule has 4 heterocycles. The second-order valence-electron chi connectivity index (χ2n) is 10.4. The molecular weight excluding hydrogens is 558 g/mol. The van der Waals surface area contributed by atoms with Gasteiger partial charge in [0.2, 0.25) is 20.0 Å². The molecule has 0 saturated carbocycles. The Morgan fingerprint density at radius 1 is 1.18 bits per heavy atom. The third-order valence-corrected chi connectivity index (χ3v) is 10.9. The maximum absolute atomic E-state index is 13.3. The Labute approximate surface area is 234 Å². The number of hydrogen-bond donors (Lipinski definition) is 3. The lowest BCUT2D eigenvalue weighted by Gasteiger charge is -2.38. The predicted molar refractivity (Wildman–Crippen MR) is 148 cm³/mol. The first-order valence-electron chi connectivity index (χ1n) is 13.1. The van der Waals surface area contributed by atoms with Gasteiger partial charge in [-0.3, -0.25) is 4.98 Å². The van der Waals surface area contributed by atoms with Crippen molar-refractivity contribution in [3.05, 3.63) is 48.8 Å². The summed E-state index contributed by atoms with van der Waals surface area (Å²) >= 11 is 0. The minimum absolute atomic E-state index is 0.00893. The standard InChI is InChI=1S/C26H35N5O7S2/c1-27-39(33,34)22-5-3-4-21(12-22)37-18-20(32)15-28-19-14-26(38-17-19)7-10-31(11-8-26)40(35,36)23-13-25-24(29-16-23)6-9-30(25)2/h3-6,9,12-13,16,19-20,27-28,32H,7-8,10-11,14-15,17-18H2,1-2H3/t19-,20+/m1/s1. The van der Waals surface area contributed by atoms with Crippen LogP contribution in [0.4, 0.5) is 0 Å². The molecule has 218 valence electrons. The topological polar surface area (TPSA) is 152 Å².